The molecular formula is C20H19O4P. The third-order valence-corrected chi connectivity index (χ3v) is 4.72. The van der Waals surface area contributed by atoms with Gasteiger partial charge < -0.3 is 14.2 Å². The summed E-state index contributed by atoms with van der Waals surface area (Å²) < 4.78 is 22.6. The fourth-order valence-electron chi connectivity index (χ4n) is 2.48. The van der Waals surface area contributed by atoms with Gasteiger partial charge in [-0.05, 0) is 47.5 Å². The van der Waals surface area contributed by atoms with Crippen LogP contribution in [0.3, 0.4) is 0 Å². The van der Waals surface area contributed by atoms with E-state index in [0.29, 0.717) is 11.5 Å². The van der Waals surface area contributed by atoms with Gasteiger partial charge in [0.2, 0.25) is 0 Å². The van der Waals surface area contributed by atoms with Crippen molar-refractivity contribution in [2.45, 2.75) is 12.8 Å². The van der Waals surface area contributed by atoms with Crippen molar-refractivity contribution in [2.75, 3.05) is 0 Å². The Morgan fingerprint density at radius 1 is 0.760 bits per heavy atom. The highest BCUT2D eigenvalue weighted by atomic mass is 31.1. The second kappa shape index (κ2) is 7.91. The van der Waals surface area contributed by atoms with Crippen LogP contribution in [0.2, 0.25) is 0 Å². The summed E-state index contributed by atoms with van der Waals surface area (Å²) in [5.41, 5.74) is 2.20. The van der Waals surface area contributed by atoms with Gasteiger partial charge in [0, 0.05) is 5.92 Å². The molecule has 0 aliphatic carbocycles. The number of hydrogen-bond donors (Lipinski definition) is 1. The zero-order valence-corrected chi connectivity index (χ0v) is 14.8. The Balaban J connectivity index is 1.63. The van der Waals surface area contributed by atoms with Crippen LogP contribution in [0, 0.1) is 0 Å². The normalized spacial score (nSPS) is 13.0. The number of phenolic OH excluding ortho intramolecular Hbond substituents is 1. The summed E-state index contributed by atoms with van der Waals surface area (Å²) in [6.07, 6.45) is 0. The van der Waals surface area contributed by atoms with Crippen molar-refractivity contribution >= 4 is 8.25 Å². The first kappa shape index (κ1) is 17.1. The van der Waals surface area contributed by atoms with Gasteiger partial charge in [0.05, 0.1) is 0 Å². The van der Waals surface area contributed by atoms with E-state index in [4.69, 9.17) is 9.05 Å². The van der Waals surface area contributed by atoms with Gasteiger partial charge in [-0.25, -0.2) is 4.57 Å². The molecule has 0 saturated heterocycles. The molecule has 1 N–H and O–H groups in total. The lowest BCUT2D eigenvalue weighted by Crippen LogP contribution is -1.96. The number of hydrogen-bond acceptors (Lipinski definition) is 4. The zero-order chi connectivity index (χ0) is 17.6. The topological polar surface area (TPSA) is 55.8 Å². The van der Waals surface area contributed by atoms with E-state index in [1.165, 1.54) is 0 Å². The Morgan fingerprint density at radius 3 is 1.80 bits per heavy atom. The van der Waals surface area contributed by atoms with Crippen molar-refractivity contribution in [1.82, 2.24) is 0 Å². The van der Waals surface area contributed by atoms with Crippen molar-refractivity contribution in [3.8, 4) is 17.2 Å². The molecule has 2 unspecified atom stereocenters. The van der Waals surface area contributed by atoms with Crippen molar-refractivity contribution < 1.29 is 18.7 Å². The molecule has 0 heterocycles. The van der Waals surface area contributed by atoms with Crippen LogP contribution >= 0.6 is 8.25 Å². The lowest BCUT2D eigenvalue weighted by Gasteiger charge is -2.13. The first-order valence-corrected chi connectivity index (χ1v) is 9.18. The van der Waals surface area contributed by atoms with Crippen LogP contribution in [0.4, 0.5) is 0 Å². The third kappa shape index (κ3) is 4.65. The van der Waals surface area contributed by atoms with Gasteiger partial charge in [0.15, 0.2) is 0 Å². The molecule has 3 aromatic rings. The number of aromatic hydroxyl groups is 1. The minimum absolute atomic E-state index is 0.173. The fourth-order valence-corrected chi connectivity index (χ4v) is 3.18. The van der Waals surface area contributed by atoms with Crippen molar-refractivity contribution in [2.24, 2.45) is 0 Å². The van der Waals surface area contributed by atoms with Gasteiger partial charge in [0.25, 0.3) is 0 Å². The zero-order valence-electron chi connectivity index (χ0n) is 13.8. The minimum Gasteiger partial charge on any atom is -0.508 e. The number of phenols is 1. The van der Waals surface area contributed by atoms with Gasteiger partial charge in [-0.15, -0.1) is 0 Å². The van der Waals surface area contributed by atoms with E-state index in [9.17, 15) is 9.67 Å². The van der Waals surface area contributed by atoms with E-state index >= 15 is 0 Å². The van der Waals surface area contributed by atoms with Crippen LogP contribution in [0.15, 0.2) is 78.9 Å². The van der Waals surface area contributed by atoms with Gasteiger partial charge in [-0.3, -0.25) is 0 Å². The second-order valence-electron chi connectivity index (χ2n) is 5.65. The van der Waals surface area contributed by atoms with Crippen molar-refractivity contribution in [3.05, 3.63) is 90.0 Å². The molecule has 0 radical (unpaired) electrons. The minimum atomic E-state index is -2.66. The molecule has 0 fully saturated rings. The largest absolute Gasteiger partial charge is 0.508 e. The Hall–Kier alpha value is -2.71. The van der Waals surface area contributed by atoms with Gasteiger partial charge in [0.1, 0.15) is 17.2 Å². The molecule has 0 aromatic heterocycles. The summed E-state index contributed by atoms with van der Waals surface area (Å²) in [7, 11) is -2.66. The maximum absolute atomic E-state index is 12.0. The van der Waals surface area contributed by atoms with Crippen LogP contribution in [0.1, 0.15) is 24.0 Å². The molecule has 2 atom stereocenters. The molecule has 0 amide bonds. The standard InChI is InChI=1S/C20H19O4P/c1-15(16-7-11-18(21)12-8-16)17-9-13-20(14-10-17)24-25(22)23-19-5-3-2-4-6-19/h2-15,21,25H,1H3. The lowest BCUT2D eigenvalue weighted by atomic mass is 9.93. The first-order chi connectivity index (χ1) is 12.1. The van der Waals surface area contributed by atoms with E-state index in [1.807, 2.05) is 42.5 Å². The van der Waals surface area contributed by atoms with E-state index in [2.05, 4.69) is 6.92 Å². The molecule has 0 bridgehead atoms. The molecule has 3 aromatic carbocycles. The molecule has 0 aliphatic heterocycles. The molecular weight excluding hydrogens is 335 g/mol. The van der Waals surface area contributed by atoms with Crippen molar-refractivity contribution in [1.29, 1.82) is 0 Å². The predicted molar refractivity (Wildman–Crippen MR) is 98.8 cm³/mol. The van der Waals surface area contributed by atoms with E-state index in [0.717, 1.165) is 11.1 Å². The molecule has 0 spiro atoms. The van der Waals surface area contributed by atoms with Crippen molar-refractivity contribution in [3.63, 3.8) is 0 Å². The Kier molecular flexibility index (Phi) is 5.42. The molecule has 0 aliphatic rings. The fraction of sp³-hybridized carbons (Fsp3) is 0.100. The van der Waals surface area contributed by atoms with E-state index in [-0.39, 0.29) is 11.7 Å². The Labute approximate surface area is 147 Å². The summed E-state index contributed by atoms with van der Waals surface area (Å²) in [6, 6.07) is 23.5. The quantitative estimate of drug-likeness (QED) is 0.603. The highest BCUT2D eigenvalue weighted by Gasteiger charge is 2.10. The third-order valence-electron chi connectivity index (χ3n) is 3.92. The second-order valence-corrected chi connectivity index (χ2v) is 6.56. The maximum atomic E-state index is 12.0. The first-order valence-electron chi connectivity index (χ1n) is 7.95. The smallest absolute Gasteiger partial charge is 0.418 e. The number of benzene rings is 3. The average Bonchev–Trinajstić information content (AvgIpc) is 2.63. The maximum Gasteiger partial charge on any atom is 0.418 e. The SMILES string of the molecule is CC(c1ccc(O)cc1)c1ccc(O[PH](=O)Oc2ccccc2)cc1. The summed E-state index contributed by atoms with van der Waals surface area (Å²) in [6.45, 7) is 2.09. The highest BCUT2D eigenvalue weighted by molar-refractivity contribution is 7.34. The average molecular weight is 354 g/mol. The Bertz CT molecular complexity index is 830. The molecule has 3 rings (SSSR count). The van der Waals surface area contributed by atoms with Crippen LogP contribution in [0.5, 0.6) is 17.2 Å². The molecule has 128 valence electrons. The highest BCUT2D eigenvalue weighted by Crippen LogP contribution is 2.32. The molecule has 5 heteroatoms. The lowest BCUT2D eigenvalue weighted by molar-refractivity contribution is 0.415. The summed E-state index contributed by atoms with van der Waals surface area (Å²) in [4.78, 5) is 0. The molecule has 25 heavy (non-hydrogen) atoms. The number of para-hydroxylation sites is 1. The van der Waals surface area contributed by atoms with Crippen LogP contribution in [-0.4, -0.2) is 5.11 Å². The van der Waals surface area contributed by atoms with E-state index < -0.39 is 8.25 Å². The molecule has 4 nitrogen and oxygen atoms in total. The van der Waals surface area contributed by atoms with Gasteiger partial charge in [-0.2, -0.15) is 0 Å². The van der Waals surface area contributed by atoms with E-state index in [1.54, 1.807) is 36.4 Å². The number of rotatable bonds is 6. The van der Waals surface area contributed by atoms with Gasteiger partial charge in [-0.1, -0.05) is 49.4 Å². The summed E-state index contributed by atoms with van der Waals surface area (Å²) >= 11 is 0. The predicted octanol–water partition coefficient (Wildman–Crippen LogP) is 5.39. The van der Waals surface area contributed by atoms with Crippen LogP contribution < -0.4 is 9.05 Å². The summed E-state index contributed by atoms with van der Waals surface area (Å²) in [5, 5.41) is 9.38. The molecule has 0 saturated carbocycles. The van der Waals surface area contributed by atoms with Crippen LogP contribution in [-0.2, 0) is 4.57 Å². The van der Waals surface area contributed by atoms with Gasteiger partial charge >= 0.3 is 8.25 Å². The monoisotopic (exact) mass is 354 g/mol. The van der Waals surface area contributed by atoms with Crippen LogP contribution in [0.25, 0.3) is 0 Å². The Morgan fingerprint density at radius 2 is 1.24 bits per heavy atom. The summed E-state index contributed by atoms with van der Waals surface area (Å²) in [5.74, 6) is 1.45.